The first-order chi connectivity index (χ1) is 13.3. The monoisotopic (exact) mass is 370 g/mol. The van der Waals surface area contributed by atoms with Crippen LogP contribution in [0.5, 0.6) is 0 Å². The number of ether oxygens (including phenoxy) is 4. The number of aliphatic hydroxyl groups is 1. The Bertz CT molecular complexity index is 707. The van der Waals surface area contributed by atoms with Crippen molar-refractivity contribution in [3.8, 4) is 0 Å². The lowest BCUT2D eigenvalue weighted by molar-refractivity contribution is -0.248. The molecule has 0 aliphatic carbocycles. The molecule has 1 N–H and O–H groups in total. The van der Waals surface area contributed by atoms with Crippen LogP contribution in [-0.4, -0.2) is 42.4 Å². The van der Waals surface area contributed by atoms with Crippen molar-refractivity contribution in [1.29, 1.82) is 0 Å². The van der Waals surface area contributed by atoms with Crippen LogP contribution in [0.15, 0.2) is 60.7 Å². The molecule has 6 atom stereocenters. The van der Waals surface area contributed by atoms with Crippen LogP contribution in [-0.2, 0) is 25.6 Å². The second-order valence-corrected chi connectivity index (χ2v) is 6.98. The Kier molecular flexibility index (Phi) is 5.86. The summed E-state index contributed by atoms with van der Waals surface area (Å²) >= 11 is 0. The molecule has 2 aliphatic rings. The van der Waals surface area contributed by atoms with Crippen molar-refractivity contribution in [2.24, 2.45) is 0 Å². The van der Waals surface area contributed by atoms with Gasteiger partial charge in [0.15, 0.2) is 6.29 Å². The van der Waals surface area contributed by atoms with Gasteiger partial charge in [-0.1, -0.05) is 60.7 Å². The number of aliphatic hydroxyl groups excluding tert-OH is 1. The fourth-order valence-corrected chi connectivity index (χ4v) is 3.86. The third kappa shape index (κ3) is 4.08. The Morgan fingerprint density at radius 1 is 0.926 bits per heavy atom. The Morgan fingerprint density at radius 2 is 1.63 bits per heavy atom. The van der Waals surface area contributed by atoms with Crippen molar-refractivity contribution in [3.05, 3.63) is 71.8 Å². The number of fused-ring (bicyclic) bond motifs is 1. The van der Waals surface area contributed by atoms with Crippen LogP contribution in [0.25, 0.3) is 0 Å². The smallest absolute Gasteiger partial charge is 0.160 e. The maximum Gasteiger partial charge on any atom is 0.160 e. The van der Waals surface area contributed by atoms with Crippen molar-refractivity contribution in [1.82, 2.24) is 0 Å². The molecule has 0 radical (unpaired) electrons. The van der Waals surface area contributed by atoms with Gasteiger partial charge in [-0.05, 0) is 18.1 Å². The molecule has 2 heterocycles. The lowest BCUT2D eigenvalue weighted by atomic mass is 9.96. The van der Waals surface area contributed by atoms with E-state index in [1.54, 1.807) is 0 Å². The highest BCUT2D eigenvalue weighted by Crippen LogP contribution is 2.42. The van der Waals surface area contributed by atoms with E-state index in [4.69, 9.17) is 18.9 Å². The number of benzene rings is 2. The van der Waals surface area contributed by atoms with E-state index in [2.05, 4.69) is 0 Å². The van der Waals surface area contributed by atoms with Crippen LogP contribution in [0.2, 0.25) is 0 Å². The zero-order chi connectivity index (χ0) is 18.6. The summed E-state index contributed by atoms with van der Waals surface area (Å²) < 4.78 is 24.3. The molecule has 2 aliphatic heterocycles. The first-order valence-corrected chi connectivity index (χ1v) is 9.57. The minimum absolute atomic E-state index is 0.292. The molecule has 0 unspecified atom stereocenters. The molecule has 2 fully saturated rings. The fourth-order valence-electron chi connectivity index (χ4n) is 3.86. The minimum atomic E-state index is -0.642. The third-order valence-electron chi connectivity index (χ3n) is 5.14. The highest BCUT2D eigenvalue weighted by molar-refractivity contribution is 5.22. The van der Waals surface area contributed by atoms with Crippen molar-refractivity contribution in [3.63, 3.8) is 0 Å². The van der Waals surface area contributed by atoms with Gasteiger partial charge in [0.25, 0.3) is 0 Å². The molecule has 144 valence electrons. The maximum absolute atomic E-state index is 10.6. The third-order valence-corrected chi connectivity index (χ3v) is 5.14. The predicted molar refractivity (Wildman–Crippen MR) is 100.0 cm³/mol. The van der Waals surface area contributed by atoms with Gasteiger partial charge in [0.2, 0.25) is 0 Å². The van der Waals surface area contributed by atoms with E-state index in [0.29, 0.717) is 19.6 Å². The van der Waals surface area contributed by atoms with E-state index < -0.39 is 18.5 Å². The van der Waals surface area contributed by atoms with Gasteiger partial charge in [-0.3, -0.25) is 0 Å². The molecule has 0 aromatic heterocycles. The van der Waals surface area contributed by atoms with Gasteiger partial charge < -0.3 is 24.1 Å². The van der Waals surface area contributed by atoms with Crippen molar-refractivity contribution >= 4 is 0 Å². The van der Waals surface area contributed by atoms with Gasteiger partial charge in [-0.15, -0.1) is 0 Å². The predicted octanol–water partition coefficient (Wildman–Crippen LogP) is 3.22. The summed E-state index contributed by atoms with van der Waals surface area (Å²) in [5.74, 6) is 0. The molecule has 2 aromatic rings. The van der Waals surface area contributed by atoms with E-state index >= 15 is 0 Å². The van der Waals surface area contributed by atoms with Gasteiger partial charge in [0, 0.05) is 13.0 Å². The second kappa shape index (κ2) is 8.50. The number of rotatable bonds is 6. The average molecular weight is 370 g/mol. The summed E-state index contributed by atoms with van der Waals surface area (Å²) in [4.78, 5) is 0. The molecule has 2 saturated heterocycles. The standard InChI is InChI=1S/C22H26O5/c1-2-24-18-13-17(23)20-22(26-18)21(25-14-15-9-5-3-6-10-15)19(27-20)16-11-7-4-8-12-16/h3-12,17-23H,2,13-14H2,1H3/t17-,18+,19-,20+,21-,22-/m1/s1. The van der Waals surface area contributed by atoms with Crippen LogP contribution >= 0.6 is 0 Å². The van der Waals surface area contributed by atoms with Gasteiger partial charge in [-0.25, -0.2) is 0 Å². The Hall–Kier alpha value is -1.76. The molecular weight excluding hydrogens is 344 g/mol. The normalized spacial score (nSPS) is 33.0. The fraction of sp³-hybridized carbons (Fsp3) is 0.455. The molecule has 0 bridgehead atoms. The van der Waals surface area contributed by atoms with E-state index in [0.717, 1.165) is 11.1 Å². The molecular formula is C22H26O5. The summed E-state index contributed by atoms with van der Waals surface area (Å²) in [6, 6.07) is 20.0. The molecule has 4 rings (SSSR count). The van der Waals surface area contributed by atoms with Crippen molar-refractivity contribution in [2.75, 3.05) is 6.61 Å². The van der Waals surface area contributed by atoms with Gasteiger partial charge in [-0.2, -0.15) is 0 Å². The van der Waals surface area contributed by atoms with E-state index in [9.17, 15) is 5.11 Å². The van der Waals surface area contributed by atoms with E-state index in [1.807, 2.05) is 67.6 Å². The molecule has 2 aromatic carbocycles. The number of hydrogen-bond donors (Lipinski definition) is 1. The van der Waals surface area contributed by atoms with Crippen molar-refractivity contribution in [2.45, 2.75) is 56.8 Å². The van der Waals surface area contributed by atoms with Crippen LogP contribution in [0.3, 0.4) is 0 Å². The molecule has 0 amide bonds. The SMILES string of the molecule is CCO[C@@H]1C[C@@H](O)[C@@H]2O[C@H](c3ccccc3)[C@@H](OCc3ccccc3)[C@@H]2O1. The van der Waals surface area contributed by atoms with Gasteiger partial charge in [0.1, 0.15) is 24.4 Å². The maximum atomic E-state index is 10.6. The molecule has 0 spiro atoms. The second-order valence-electron chi connectivity index (χ2n) is 6.98. The van der Waals surface area contributed by atoms with Gasteiger partial charge >= 0.3 is 0 Å². The summed E-state index contributed by atoms with van der Waals surface area (Å²) in [6.07, 6.45) is -2.09. The Labute approximate surface area is 159 Å². The molecule has 27 heavy (non-hydrogen) atoms. The number of hydrogen-bond acceptors (Lipinski definition) is 5. The van der Waals surface area contributed by atoms with Crippen LogP contribution in [0.4, 0.5) is 0 Å². The first kappa shape index (κ1) is 18.6. The first-order valence-electron chi connectivity index (χ1n) is 9.57. The minimum Gasteiger partial charge on any atom is -0.390 e. The molecule has 5 heteroatoms. The topological polar surface area (TPSA) is 57.2 Å². The zero-order valence-corrected chi connectivity index (χ0v) is 15.4. The largest absolute Gasteiger partial charge is 0.390 e. The quantitative estimate of drug-likeness (QED) is 0.846. The van der Waals surface area contributed by atoms with Crippen LogP contribution in [0, 0.1) is 0 Å². The van der Waals surface area contributed by atoms with Gasteiger partial charge in [0.05, 0.1) is 12.7 Å². The highest BCUT2D eigenvalue weighted by Gasteiger charge is 2.53. The lowest BCUT2D eigenvalue weighted by Gasteiger charge is -2.36. The summed E-state index contributed by atoms with van der Waals surface area (Å²) in [5, 5.41) is 10.6. The van der Waals surface area contributed by atoms with Crippen LogP contribution < -0.4 is 0 Å². The van der Waals surface area contributed by atoms with Crippen LogP contribution in [0.1, 0.15) is 30.6 Å². The highest BCUT2D eigenvalue weighted by atomic mass is 16.7. The molecule has 5 nitrogen and oxygen atoms in total. The lowest BCUT2D eigenvalue weighted by Crippen LogP contribution is -2.50. The van der Waals surface area contributed by atoms with Crippen molar-refractivity contribution < 1.29 is 24.1 Å². The summed E-state index contributed by atoms with van der Waals surface area (Å²) in [5.41, 5.74) is 2.11. The Morgan fingerprint density at radius 3 is 2.33 bits per heavy atom. The molecule has 0 saturated carbocycles. The van der Waals surface area contributed by atoms with E-state index in [-0.39, 0.29) is 18.3 Å². The summed E-state index contributed by atoms with van der Waals surface area (Å²) in [6.45, 7) is 2.91. The average Bonchev–Trinajstić information content (AvgIpc) is 3.07. The van der Waals surface area contributed by atoms with E-state index in [1.165, 1.54) is 0 Å². The summed E-state index contributed by atoms with van der Waals surface area (Å²) in [7, 11) is 0. The Balaban J connectivity index is 1.57. The zero-order valence-electron chi connectivity index (χ0n) is 15.4.